The Balaban J connectivity index is 0.00000312. The number of alkyl halides is 2. The van der Waals surface area contributed by atoms with E-state index >= 15 is 0 Å². The quantitative estimate of drug-likeness (QED) is 0.729. The van der Waals surface area contributed by atoms with Gasteiger partial charge in [-0.1, -0.05) is 12.1 Å². The molecule has 1 heterocycles. The van der Waals surface area contributed by atoms with Crippen molar-refractivity contribution in [2.75, 3.05) is 33.4 Å². The van der Waals surface area contributed by atoms with E-state index in [-0.39, 0.29) is 35.9 Å². The van der Waals surface area contributed by atoms with Crippen LogP contribution in [0.1, 0.15) is 18.4 Å². The lowest BCUT2D eigenvalue weighted by atomic mass is 9.79. The molecular weight excluding hydrogens is 354 g/mol. The first-order valence-corrected chi connectivity index (χ1v) is 8.03. The van der Waals surface area contributed by atoms with E-state index in [4.69, 9.17) is 4.74 Å². The minimum absolute atomic E-state index is 0. The number of carbonyl (C=O) groups is 1. The molecular formula is C17H25ClF2N2O3. The van der Waals surface area contributed by atoms with Crippen molar-refractivity contribution in [1.82, 2.24) is 10.6 Å². The van der Waals surface area contributed by atoms with Gasteiger partial charge in [0.15, 0.2) is 0 Å². The van der Waals surface area contributed by atoms with Crippen molar-refractivity contribution in [3.8, 4) is 5.75 Å². The molecule has 1 saturated heterocycles. The molecule has 2 rings (SSSR count). The summed E-state index contributed by atoms with van der Waals surface area (Å²) in [6.07, 6.45) is 2.01. The fraction of sp³-hybridized carbons (Fsp3) is 0.588. The predicted molar refractivity (Wildman–Crippen MR) is 93.4 cm³/mol. The molecule has 1 amide bonds. The van der Waals surface area contributed by atoms with Crippen molar-refractivity contribution in [3.63, 3.8) is 0 Å². The van der Waals surface area contributed by atoms with E-state index in [1.54, 1.807) is 19.2 Å². The van der Waals surface area contributed by atoms with Gasteiger partial charge in [-0.2, -0.15) is 8.78 Å². The van der Waals surface area contributed by atoms with Gasteiger partial charge < -0.3 is 20.1 Å². The molecule has 0 bridgehead atoms. The second-order valence-corrected chi connectivity index (χ2v) is 6.16. The SMILES string of the molecule is COCC1(CNC(=O)Cc2cccc(OC(F)F)c2)CCNCC1.Cl. The lowest BCUT2D eigenvalue weighted by Crippen LogP contribution is -2.47. The van der Waals surface area contributed by atoms with Gasteiger partial charge >= 0.3 is 6.61 Å². The summed E-state index contributed by atoms with van der Waals surface area (Å²) in [7, 11) is 1.67. The number of hydrogen-bond acceptors (Lipinski definition) is 4. The summed E-state index contributed by atoms with van der Waals surface area (Å²) < 4.78 is 34.1. The molecule has 8 heteroatoms. The summed E-state index contributed by atoms with van der Waals surface area (Å²) in [5.41, 5.74) is 0.591. The van der Waals surface area contributed by atoms with E-state index in [9.17, 15) is 13.6 Å². The highest BCUT2D eigenvalue weighted by Crippen LogP contribution is 2.28. The van der Waals surface area contributed by atoms with Crippen LogP contribution >= 0.6 is 12.4 Å². The lowest BCUT2D eigenvalue weighted by molar-refractivity contribution is -0.121. The van der Waals surface area contributed by atoms with E-state index in [0.29, 0.717) is 18.7 Å². The Morgan fingerprint density at radius 1 is 1.36 bits per heavy atom. The molecule has 1 aromatic rings. The molecule has 1 fully saturated rings. The molecule has 0 aromatic heterocycles. The van der Waals surface area contributed by atoms with Crippen LogP contribution in [0.4, 0.5) is 8.78 Å². The molecule has 142 valence electrons. The Bertz CT molecular complexity index is 535. The Morgan fingerprint density at radius 3 is 2.72 bits per heavy atom. The lowest BCUT2D eigenvalue weighted by Gasteiger charge is -2.37. The highest BCUT2D eigenvalue weighted by Gasteiger charge is 2.32. The number of methoxy groups -OCH3 is 1. The second-order valence-electron chi connectivity index (χ2n) is 6.16. The molecule has 0 radical (unpaired) electrons. The number of carbonyl (C=O) groups excluding carboxylic acids is 1. The van der Waals surface area contributed by atoms with Crippen LogP contribution in [0.2, 0.25) is 0 Å². The second kappa shape index (κ2) is 10.5. The van der Waals surface area contributed by atoms with Crippen molar-refractivity contribution in [1.29, 1.82) is 0 Å². The number of amides is 1. The number of rotatable bonds is 8. The fourth-order valence-electron chi connectivity index (χ4n) is 3.00. The largest absolute Gasteiger partial charge is 0.435 e. The molecule has 1 aliphatic heterocycles. The highest BCUT2D eigenvalue weighted by molar-refractivity contribution is 5.85. The van der Waals surface area contributed by atoms with Crippen molar-refractivity contribution >= 4 is 18.3 Å². The van der Waals surface area contributed by atoms with Gasteiger partial charge in [-0.05, 0) is 43.6 Å². The van der Waals surface area contributed by atoms with Crippen LogP contribution < -0.4 is 15.4 Å². The Hall–Kier alpha value is -1.44. The van der Waals surface area contributed by atoms with E-state index in [2.05, 4.69) is 15.4 Å². The van der Waals surface area contributed by atoms with Crippen molar-refractivity contribution in [2.24, 2.45) is 5.41 Å². The molecule has 0 spiro atoms. The summed E-state index contributed by atoms with van der Waals surface area (Å²) in [6.45, 7) is 0.0996. The average molecular weight is 379 g/mol. The van der Waals surface area contributed by atoms with Crippen molar-refractivity contribution in [2.45, 2.75) is 25.9 Å². The number of nitrogens with one attached hydrogen (secondary N) is 2. The van der Waals surface area contributed by atoms with Gasteiger partial charge in [0.1, 0.15) is 5.75 Å². The van der Waals surface area contributed by atoms with E-state index in [0.717, 1.165) is 25.9 Å². The molecule has 0 saturated carbocycles. The number of hydrogen-bond donors (Lipinski definition) is 2. The third-order valence-corrected chi connectivity index (χ3v) is 4.26. The van der Waals surface area contributed by atoms with E-state index < -0.39 is 6.61 Å². The standard InChI is InChI=1S/C17H24F2N2O3.ClH/c1-23-12-17(5-7-20-8-6-17)11-21-15(22)10-13-3-2-4-14(9-13)24-16(18)19;/h2-4,9,16,20H,5-8,10-12H2,1H3,(H,21,22);1H. The fourth-order valence-corrected chi connectivity index (χ4v) is 3.00. The van der Waals surface area contributed by atoms with Crippen LogP contribution in [0.3, 0.4) is 0 Å². The van der Waals surface area contributed by atoms with Crippen molar-refractivity contribution in [3.05, 3.63) is 29.8 Å². The minimum Gasteiger partial charge on any atom is -0.435 e. The molecule has 2 N–H and O–H groups in total. The maximum atomic E-state index is 12.2. The summed E-state index contributed by atoms with van der Waals surface area (Å²) in [4.78, 5) is 12.2. The average Bonchev–Trinajstić information content (AvgIpc) is 2.54. The van der Waals surface area contributed by atoms with E-state index in [1.165, 1.54) is 12.1 Å². The van der Waals surface area contributed by atoms with Crippen LogP contribution in [0.5, 0.6) is 5.75 Å². The molecule has 5 nitrogen and oxygen atoms in total. The molecule has 0 unspecified atom stereocenters. The Kier molecular flexibility index (Phi) is 9.10. The zero-order chi connectivity index (χ0) is 17.4. The monoisotopic (exact) mass is 378 g/mol. The van der Waals surface area contributed by atoms with Crippen LogP contribution in [-0.4, -0.2) is 45.9 Å². The molecule has 1 aliphatic rings. The zero-order valence-electron chi connectivity index (χ0n) is 14.2. The predicted octanol–water partition coefficient (Wildman–Crippen LogP) is 2.38. The molecule has 0 aliphatic carbocycles. The normalized spacial score (nSPS) is 16.2. The summed E-state index contributed by atoms with van der Waals surface area (Å²) in [5, 5.41) is 6.25. The first-order valence-electron chi connectivity index (χ1n) is 8.03. The van der Waals surface area contributed by atoms with Crippen molar-refractivity contribution < 1.29 is 23.0 Å². The van der Waals surface area contributed by atoms with Gasteiger partial charge in [0.25, 0.3) is 0 Å². The minimum atomic E-state index is -2.87. The highest BCUT2D eigenvalue weighted by atomic mass is 35.5. The third kappa shape index (κ3) is 7.13. The zero-order valence-corrected chi connectivity index (χ0v) is 15.0. The third-order valence-electron chi connectivity index (χ3n) is 4.26. The maximum absolute atomic E-state index is 12.2. The number of piperidine rings is 1. The van der Waals surface area contributed by atoms with Gasteiger partial charge in [-0.3, -0.25) is 4.79 Å². The van der Waals surface area contributed by atoms with Gasteiger partial charge in [-0.15, -0.1) is 12.4 Å². The maximum Gasteiger partial charge on any atom is 0.387 e. The Morgan fingerprint density at radius 2 is 2.08 bits per heavy atom. The smallest absolute Gasteiger partial charge is 0.387 e. The van der Waals surface area contributed by atoms with Crippen LogP contribution in [-0.2, 0) is 16.0 Å². The molecule has 1 aromatic carbocycles. The van der Waals surface area contributed by atoms with Crippen LogP contribution in [0, 0.1) is 5.41 Å². The van der Waals surface area contributed by atoms with Gasteiger partial charge in [0, 0.05) is 19.1 Å². The summed E-state index contributed by atoms with van der Waals surface area (Å²) in [5.74, 6) is -0.0808. The van der Waals surface area contributed by atoms with Gasteiger partial charge in [-0.25, -0.2) is 0 Å². The van der Waals surface area contributed by atoms with Crippen LogP contribution in [0.25, 0.3) is 0 Å². The number of halogens is 3. The topological polar surface area (TPSA) is 59.6 Å². The van der Waals surface area contributed by atoms with Gasteiger partial charge in [0.2, 0.25) is 5.91 Å². The number of ether oxygens (including phenoxy) is 2. The van der Waals surface area contributed by atoms with E-state index in [1.807, 2.05) is 0 Å². The molecule has 0 atom stereocenters. The first-order chi connectivity index (χ1) is 11.5. The molecule has 25 heavy (non-hydrogen) atoms. The van der Waals surface area contributed by atoms with Crippen LogP contribution in [0.15, 0.2) is 24.3 Å². The Labute approximate surface area is 152 Å². The number of benzene rings is 1. The summed E-state index contributed by atoms with van der Waals surface area (Å²) in [6, 6.07) is 6.21. The first kappa shape index (κ1) is 21.6. The summed E-state index contributed by atoms with van der Waals surface area (Å²) >= 11 is 0. The van der Waals surface area contributed by atoms with Gasteiger partial charge in [0.05, 0.1) is 13.0 Å².